The lowest BCUT2D eigenvalue weighted by Crippen LogP contribution is -2.58. The zero-order valence-corrected chi connectivity index (χ0v) is 30.0. The number of hydrogen-bond acceptors (Lipinski definition) is 6. The van der Waals surface area contributed by atoms with Gasteiger partial charge in [-0.3, -0.25) is 0 Å². The number of imidazole rings is 1. The summed E-state index contributed by atoms with van der Waals surface area (Å²) >= 11 is -1.76. The summed E-state index contributed by atoms with van der Waals surface area (Å²) in [6.45, 7) is 8.88. The highest BCUT2D eigenvalue weighted by atomic mass is 32.2. The van der Waals surface area contributed by atoms with Gasteiger partial charge in [-0.05, 0) is 77.1 Å². The predicted octanol–water partition coefficient (Wildman–Crippen LogP) is 6.91. The Bertz CT molecular complexity index is 1500. The molecule has 1 saturated carbocycles. The second-order valence-electron chi connectivity index (χ2n) is 15.0. The number of benzene rings is 1. The van der Waals surface area contributed by atoms with Gasteiger partial charge in [0, 0.05) is 26.0 Å². The minimum Gasteiger partial charge on any atom is -0.598 e. The molecule has 2 aliphatic rings. The lowest BCUT2D eigenvalue weighted by atomic mass is 9.99. The molecule has 2 fully saturated rings. The minimum atomic E-state index is -4.70. The molecule has 2 N–H and O–H groups in total. The fraction of sp³-hybridized carbons (Fsp3) is 0.742. The van der Waals surface area contributed by atoms with Crippen LogP contribution in [0.2, 0.25) is 25.7 Å². The molecule has 1 aliphatic carbocycles. The van der Waals surface area contributed by atoms with Crippen molar-refractivity contribution in [1.82, 2.24) is 24.5 Å². The van der Waals surface area contributed by atoms with Gasteiger partial charge in [0.15, 0.2) is 5.60 Å². The van der Waals surface area contributed by atoms with Crippen LogP contribution in [0.25, 0.3) is 11.0 Å². The van der Waals surface area contributed by atoms with Crippen LogP contribution in [0.3, 0.4) is 0 Å². The van der Waals surface area contributed by atoms with Crippen LogP contribution in [-0.2, 0) is 27.6 Å². The molecule has 0 spiro atoms. The van der Waals surface area contributed by atoms with Gasteiger partial charge in [0.2, 0.25) is 0 Å². The molecular formula is C31H48F5N5O4SSi. The van der Waals surface area contributed by atoms with Gasteiger partial charge in [-0.1, -0.05) is 25.7 Å². The Morgan fingerprint density at radius 1 is 1.21 bits per heavy atom. The molecule has 47 heavy (non-hydrogen) atoms. The van der Waals surface area contributed by atoms with E-state index in [0.717, 1.165) is 19.9 Å². The van der Waals surface area contributed by atoms with Gasteiger partial charge in [-0.15, -0.1) is 4.72 Å². The summed E-state index contributed by atoms with van der Waals surface area (Å²) in [5, 5.41) is 2.11. The molecule has 4 rings (SSSR count). The number of nitrogens with zero attached hydrogens (tertiary/aromatic N) is 3. The van der Waals surface area contributed by atoms with Crippen LogP contribution in [-0.4, -0.2) is 81.8 Å². The van der Waals surface area contributed by atoms with Gasteiger partial charge < -0.3 is 28.8 Å². The monoisotopic (exact) mass is 711 g/mol. The molecule has 1 saturated heterocycles. The largest absolute Gasteiger partial charge is 0.598 e. The average molecular weight is 712 g/mol. The van der Waals surface area contributed by atoms with Crippen LogP contribution in [0.1, 0.15) is 73.7 Å². The first-order valence-electron chi connectivity index (χ1n) is 16.7. The lowest BCUT2D eigenvalue weighted by molar-refractivity contribution is -0.265. The van der Waals surface area contributed by atoms with Crippen molar-refractivity contribution in [2.24, 2.45) is 5.92 Å². The van der Waals surface area contributed by atoms with E-state index < -0.39 is 79.6 Å². The van der Waals surface area contributed by atoms with Crippen LogP contribution in [0.4, 0.5) is 26.7 Å². The van der Waals surface area contributed by atoms with Gasteiger partial charge in [-0.25, -0.2) is 18.6 Å². The lowest BCUT2D eigenvalue weighted by Gasteiger charge is -2.38. The number of fused-ring (bicyclic) bond motifs is 1. The number of rotatable bonds is 14. The molecule has 1 aromatic carbocycles. The van der Waals surface area contributed by atoms with Crippen LogP contribution >= 0.6 is 0 Å². The minimum absolute atomic E-state index is 0.0476. The second-order valence-corrected chi connectivity index (χ2v) is 22.6. The standard InChI is InChI=1S/C31H48F5N5O4SSi/c1-28(2,3)46(43)39-23(16-45-29(4,5)31(34,35)36)26-38-22-15-21(11-12-24(22)41(26)19-44-13-14-47(6,7)8)25(20-9-10-20)40-18-30(32,33)17-37-27(40)42/h11-12,15,20,23,25,39H,9-10,13-14,16-19H2,1-8H3,(H,37,42)/t23-,25+,46?/m0/s1/i18D2. The molecule has 2 heterocycles. The molecular weight excluding hydrogens is 662 g/mol. The first-order valence-corrected chi connectivity index (χ1v) is 20.5. The van der Waals surface area contributed by atoms with E-state index >= 15 is 0 Å². The molecule has 1 aromatic heterocycles. The SMILES string of the molecule is [2H]C1([2H])N([C@@H](c2ccc3c(c2)nc([C@H](COC(C)(C)C(F)(F)F)N[S+]([O-])C(C)(C)C)n3COCC[Si](C)(C)C)C2CC2)C(=O)NCC1(F)F. The smallest absolute Gasteiger partial charge is 0.416 e. The molecule has 16 heteroatoms. The summed E-state index contributed by atoms with van der Waals surface area (Å²) in [7, 11) is -1.48. The van der Waals surface area contributed by atoms with E-state index in [-0.39, 0.29) is 18.5 Å². The number of carbonyl (C=O) groups excluding carboxylic acids is 1. The quantitative estimate of drug-likeness (QED) is 0.0956. The number of carbonyl (C=O) groups is 1. The summed E-state index contributed by atoms with van der Waals surface area (Å²) in [6.07, 6.45) is -3.51. The summed E-state index contributed by atoms with van der Waals surface area (Å²) in [5.74, 6) is -3.96. The summed E-state index contributed by atoms with van der Waals surface area (Å²) in [4.78, 5) is 18.3. The Kier molecular flexibility index (Phi) is 10.2. The maximum Gasteiger partial charge on any atom is 0.416 e. The van der Waals surface area contributed by atoms with Gasteiger partial charge in [0.1, 0.15) is 23.3 Å². The summed E-state index contributed by atoms with van der Waals surface area (Å²) < 4.78 is 116. The Morgan fingerprint density at radius 2 is 1.87 bits per heavy atom. The second kappa shape index (κ2) is 13.7. The fourth-order valence-corrected chi connectivity index (χ4v) is 6.45. The third-order valence-electron chi connectivity index (χ3n) is 8.08. The third-order valence-corrected chi connectivity index (χ3v) is 11.4. The maximum absolute atomic E-state index is 14.8. The van der Waals surface area contributed by atoms with Crippen molar-refractivity contribution in [3.8, 4) is 0 Å². The Balaban J connectivity index is 1.82. The summed E-state index contributed by atoms with van der Waals surface area (Å²) in [6, 6.07) is 2.58. The molecule has 3 atom stereocenters. The number of amides is 2. The van der Waals surface area contributed by atoms with E-state index in [1.807, 2.05) is 0 Å². The number of urea groups is 1. The highest BCUT2D eigenvalue weighted by Gasteiger charge is 2.50. The maximum atomic E-state index is 14.8. The normalized spacial score (nSPS) is 21.7. The van der Waals surface area contributed by atoms with E-state index in [1.165, 1.54) is 0 Å². The fourth-order valence-electron chi connectivity index (χ4n) is 4.90. The molecule has 1 aliphatic heterocycles. The van der Waals surface area contributed by atoms with Crippen molar-refractivity contribution in [3.05, 3.63) is 29.6 Å². The molecule has 0 bridgehead atoms. The van der Waals surface area contributed by atoms with Crippen LogP contribution in [0.15, 0.2) is 18.2 Å². The number of alkyl halides is 5. The van der Waals surface area contributed by atoms with Gasteiger partial charge in [0.05, 0.1) is 39.5 Å². The molecule has 266 valence electrons. The number of aromatic nitrogens is 2. The highest BCUT2D eigenvalue weighted by molar-refractivity contribution is 7.90. The van der Waals surface area contributed by atoms with Gasteiger partial charge >= 0.3 is 12.2 Å². The first-order chi connectivity index (χ1) is 22.3. The van der Waals surface area contributed by atoms with E-state index in [1.54, 1.807) is 43.5 Å². The van der Waals surface area contributed by atoms with Gasteiger partial charge in [0.25, 0.3) is 5.92 Å². The van der Waals surface area contributed by atoms with E-state index in [2.05, 4.69) is 29.7 Å². The van der Waals surface area contributed by atoms with Crippen molar-refractivity contribution in [2.45, 2.75) is 114 Å². The van der Waals surface area contributed by atoms with E-state index in [9.17, 15) is 31.3 Å². The number of ether oxygens (including phenoxy) is 2. The summed E-state index contributed by atoms with van der Waals surface area (Å²) in [5.41, 5.74) is -1.37. The van der Waals surface area contributed by atoms with Crippen molar-refractivity contribution in [2.75, 3.05) is 26.3 Å². The van der Waals surface area contributed by atoms with Crippen molar-refractivity contribution in [1.29, 1.82) is 0 Å². The van der Waals surface area contributed by atoms with E-state index in [0.29, 0.717) is 40.9 Å². The highest BCUT2D eigenvalue weighted by Crippen LogP contribution is 2.46. The Morgan fingerprint density at radius 3 is 2.45 bits per heavy atom. The number of hydrogen-bond donors (Lipinski definition) is 2. The molecule has 2 aromatic rings. The first kappa shape index (κ1) is 34.9. The number of nitrogens with one attached hydrogen (secondary N) is 2. The Hall–Kier alpha value is -1.98. The van der Waals surface area contributed by atoms with Crippen molar-refractivity contribution >= 4 is 36.5 Å². The zero-order chi connectivity index (χ0) is 37.0. The van der Waals surface area contributed by atoms with Gasteiger partial charge in [-0.2, -0.15) is 13.2 Å². The van der Waals surface area contributed by atoms with Crippen LogP contribution in [0.5, 0.6) is 0 Å². The predicted molar refractivity (Wildman–Crippen MR) is 174 cm³/mol. The topological polar surface area (TPSA) is 104 Å². The van der Waals surface area contributed by atoms with Crippen LogP contribution < -0.4 is 10.0 Å². The molecule has 0 radical (unpaired) electrons. The van der Waals surface area contributed by atoms with Crippen molar-refractivity contribution < 1.29 is 43.5 Å². The Labute approximate surface area is 280 Å². The average Bonchev–Trinajstić information content (AvgIpc) is 3.72. The molecule has 9 nitrogen and oxygen atoms in total. The molecule has 1 unspecified atom stereocenters. The van der Waals surface area contributed by atoms with Crippen molar-refractivity contribution in [3.63, 3.8) is 0 Å². The van der Waals surface area contributed by atoms with Crippen LogP contribution in [0, 0.1) is 5.92 Å². The zero-order valence-electron chi connectivity index (χ0n) is 30.2. The number of halogens is 5. The third kappa shape index (κ3) is 9.59. The van der Waals surface area contributed by atoms with E-state index in [4.69, 9.17) is 17.2 Å². The molecule has 2 amide bonds.